The van der Waals surface area contributed by atoms with E-state index in [1.165, 1.54) is 0 Å². The molecule has 16 heavy (non-hydrogen) atoms. The summed E-state index contributed by atoms with van der Waals surface area (Å²) in [5.74, 6) is -5.68. The molecule has 0 aliphatic heterocycles. The number of carboxylic acid groups (broad SMARTS) is 1. The van der Waals surface area contributed by atoms with E-state index in [0.717, 1.165) is 7.11 Å². The highest BCUT2D eigenvalue weighted by Gasteiger charge is 2.27. The minimum Gasteiger partial charge on any atom is -0.505 e. The van der Waals surface area contributed by atoms with E-state index in [0.29, 0.717) is 6.07 Å². The molecule has 1 unspecified atom stereocenters. The van der Waals surface area contributed by atoms with Gasteiger partial charge in [-0.15, -0.1) is 0 Å². The molecule has 7 heteroatoms. The fourth-order valence-electron chi connectivity index (χ4n) is 1.16. The molecule has 0 amide bonds. The van der Waals surface area contributed by atoms with Crippen molar-refractivity contribution in [3.8, 4) is 11.5 Å². The van der Waals surface area contributed by atoms with Crippen molar-refractivity contribution in [3.05, 3.63) is 23.3 Å². The Hall–Kier alpha value is -1.89. The van der Waals surface area contributed by atoms with Crippen molar-refractivity contribution in [1.82, 2.24) is 0 Å². The van der Waals surface area contributed by atoms with E-state index in [1.54, 1.807) is 0 Å². The molecular weight excluding hydrogens is 224 g/mol. The molecule has 0 spiro atoms. The summed E-state index contributed by atoms with van der Waals surface area (Å²) in [5.41, 5.74) is 4.15. The molecule has 0 heterocycles. The van der Waals surface area contributed by atoms with Gasteiger partial charge in [-0.25, -0.2) is 8.78 Å². The van der Waals surface area contributed by atoms with Crippen LogP contribution in [0.3, 0.4) is 0 Å². The number of hydrogen-bond donors (Lipinski definition) is 3. The molecule has 0 fully saturated rings. The third-order valence-electron chi connectivity index (χ3n) is 1.98. The number of phenols is 1. The maximum atomic E-state index is 13.5. The van der Waals surface area contributed by atoms with Crippen molar-refractivity contribution in [2.24, 2.45) is 5.73 Å². The van der Waals surface area contributed by atoms with Crippen molar-refractivity contribution in [2.45, 2.75) is 6.04 Å². The Balaban J connectivity index is 3.47. The highest BCUT2D eigenvalue weighted by molar-refractivity contribution is 5.76. The number of hydrogen-bond acceptors (Lipinski definition) is 4. The molecule has 1 aromatic carbocycles. The van der Waals surface area contributed by atoms with Gasteiger partial charge in [0.1, 0.15) is 6.04 Å². The zero-order valence-electron chi connectivity index (χ0n) is 8.20. The Morgan fingerprint density at radius 1 is 1.50 bits per heavy atom. The van der Waals surface area contributed by atoms with Gasteiger partial charge in [0.2, 0.25) is 0 Å². The van der Waals surface area contributed by atoms with Gasteiger partial charge in [-0.1, -0.05) is 0 Å². The Morgan fingerprint density at radius 2 is 2.06 bits per heavy atom. The number of methoxy groups -OCH3 is 1. The second-order valence-corrected chi connectivity index (χ2v) is 2.96. The van der Waals surface area contributed by atoms with Crippen molar-refractivity contribution >= 4 is 5.97 Å². The van der Waals surface area contributed by atoms with Crippen molar-refractivity contribution in [2.75, 3.05) is 7.11 Å². The Morgan fingerprint density at radius 3 is 2.50 bits per heavy atom. The number of carboxylic acids is 1. The first-order chi connectivity index (χ1) is 7.40. The highest BCUT2D eigenvalue weighted by atomic mass is 19.1. The second kappa shape index (κ2) is 4.31. The Labute approximate surface area is 89.1 Å². The van der Waals surface area contributed by atoms with E-state index in [4.69, 9.17) is 15.9 Å². The average Bonchev–Trinajstić information content (AvgIpc) is 2.23. The molecule has 1 rings (SSSR count). The number of ether oxygens (including phenoxy) is 1. The summed E-state index contributed by atoms with van der Waals surface area (Å²) in [6.45, 7) is 0. The third-order valence-corrected chi connectivity index (χ3v) is 1.98. The largest absolute Gasteiger partial charge is 0.505 e. The number of nitrogens with two attached hydrogens (primary N) is 1. The van der Waals surface area contributed by atoms with E-state index in [-0.39, 0.29) is 0 Å². The van der Waals surface area contributed by atoms with E-state index in [9.17, 15) is 13.6 Å². The smallest absolute Gasteiger partial charge is 0.325 e. The predicted molar refractivity (Wildman–Crippen MR) is 49.1 cm³/mol. The van der Waals surface area contributed by atoms with Gasteiger partial charge in [0.25, 0.3) is 0 Å². The molecule has 0 saturated heterocycles. The van der Waals surface area contributed by atoms with Crippen LogP contribution < -0.4 is 10.5 Å². The standard InChI is InChI=1S/C9H9F2NO4/c1-16-4-2-3(13)6(10)5(7(4)11)8(12)9(14)15/h2,8,13H,12H2,1H3,(H,14,15). The number of carbonyl (C=O) groups is 1. The second-order valence-electron chi connectivity index (χ2n) is 2.96. The van der Waals surface area contributed by atoms with E-state index < -0.39 is 40.7 Å². The van der Waals surface area contributed by atoms with E-state index >= 15 is 0 Å². The molecule has 0 aromatic heterocycles. The molecule has 0 aliphatic carbocycles. The van der Waals surface area contributed by atoms with Crippen LogP contribution >= 0.6 is 0 Å². The lowest BCUT2D eigenvalue weighted by molar-refractivity contribution is -0.138. The zero-order valence-corrected chi connectivity index (χ0v) is 8.20. The third kappa shape index (κ3) is 1.89. The van der Waals surface area contributed by atoms with Crippen molar-refractivity contribution in [1.29, 1.82) is 0 Å². The molecule has 1 aromatic rings. The summed E-state index contributed by atoms with van der Waals surface area (Å²) in [4.78, 5) is 10.5. The maximum Gasteiger partial charge on any atom is 0.325 e. The first-order valence-corrected chi connectivity index (χ1v) is 4.13. The van der Waals surface area contributed by atoms with Crippen LogP contribution in [0.15, 0.2) is 6.07 Å². The first-order valence-electron chi connectivity index (χ1n) is 4.13. The fourth-order valence-corrected chi connectivity index (χ4v) is 1.16. The quantitative estimate of drug-likeness (QED) is 0.716. The van der Waals surface area contributed by atoms with Gasteiger partial charge < -0.3 is 20.7 Å². The monoisotopic (exact) mass is 233 g/mol. The van der Waals surface area contributed by atoms with E-state index in [2.05, 4.69) is 4.74 Å². The number of rotatable bonds is 3. The number of benzene rings is 1. The highest BCUT2D eigenvalue weighted by Crippen LogP contribution is 2.33. The molecule has 0 aliphatic rings. The minimum absolute atomic E-state index is 0.481. The number of aliphatic carboxylic acids is 1. The van der Waals surface area contributed by atoms with Crippen LogP contribution in [-0.2, 0) is 4.79 Å². The molecule has 0 saturated carbocycles. The number of aromatic hydroxyl groups is 1. The molecule has 1 atom stereocenters. The van der Waals surface area contributed by atoms with Crippen LogP contribution in [0.2, 0.25) is 0 Å². The molecule has 4 N–H and O–H groups in total. The van der Waals surface area contributed by atoms with Crippen LogP contribution in [0.1, 0.15) is 11.6 Å². The normalized spacial score (nSPS) is 12.2. The van der Waals surface area contributed by atoms with Gasteiger partial charge in [-0.3, -0.25) is 4.79 Å². The molecule has 88 valence electrons. The van der Waals surface area contributed by atoms with Crippen LogP contribution in [0.4, 0.5) is 8.78 Å². The Kier molecular flexibility index (Phi) is 3.28. The van der Waals surface area contributed by atoms with Gasteiger partial charge in [0, 0.05) is 6.07 Å². The zero-order chi connectivity index (χ0) is 12.5. The fraction of sp³-hybridized carbons (Fsp3) is 0.222. The topological polar surface area (TPSA) is 92.8 Å². The lowest BCUT2D eigenvalue weighted by Gasteiger charge is -2.13. The summed E-state index contributed by atoms with van der Waals surface area (Å²) in [6, 6.07) is -1.22. The summed E-state index contributed by atoms with van der Waals surface area (Å²) in [7, 11) is 1.09. The summed E-state index contributed by atoms with van der Waals surface area (Å²) >= 11 is 0. The van der Waals surface area contributed by atoms with Crippen LogP contribution in [0.5, 0.6) is 11.5 Å². The average molecular weight is 233 g/mol. The maximum absolute atomic E-state index is 13.5. The molecule has 5 nitrogen and oxygen atoms in total. The lowest BCUT2D eigenvalue weighted by Crippen LogP contribution is -2.23. The summed E-state index contributed by atoms with van der Waals surface area (Å²) < 4.78 is 31.3. The predicted octanol–water partition coefficient (Wildman–Crippen LogP) is 0.763. The number of phenolic OH excluding ortho intramolecular Hbond substituents is 1. The summed E-state index contributed by atoms with van der Waals surface area (Å²) in [5, 5.41) is 17.7. The molecular formula is C9H9F2NO4. The van der Waals surface area contributed by atoms with Crippen molar-refractivity contribution < 1.29 is 28.5 Å². The van der Waals surface area contributed by atoms with Crippen molar-refractivity contribution in [3.63, 3.8) is 0 Å². The van der Waals surface area contributed by atoms with Gasteiger partial charge in [-0.2, -0.15) is 0 Å². The van der Waals surface area contributed by atoms with Gasteiger partial charge in [0.05, 0.1) is 12.7 Å². The van der Waals surface area contributed by atoms with Crippen LogP contribution in [0.25, 0.3) is 0 Å². The lowest BCUT2D eigenvalue weighted by atomic mass is 10.1. The Bertz CT molecular complexity index is 436. The minimum atomic E-state index is -1.92. The molecule has 0 bridgehead atoms. The van der Waals surface area contributed by atoms with Gasteiger partial charge in [0.15, 0.2) is 23.1 Å². The number of halogens is 2. The SMILES string of the molecule is COc1cc(O)c(F)c(C(N)C(=O)O)c1F. The molecule has 0 radical (unpaired) electrons. The van der Waals surface area contributed by atoms with Gasteiger partial charge in [-0.05, 0) is 0 Å². The summed E-state index contributed by atoms with van der Waals surface area (Å²) in [6.07, 6.45) is 0. The van der Waals surface area contributed by atoms with Crippen LogP contribution in [-0.4, -0.2) is 23.3 Å². The first kappa shape index (κ1) is 12.2. The van der Waals surface area contributed by atoms with E-state index in [1.807, 2.05) is 0 Å². The van der Waals surface area contributed by atoms with Crippen LogP contribution in [0, 0.1) is 11.6 Å². The van der Waals surface area contributed by atoms with Gasteiger partial charge >= 0.3 is 5.97 Å².